The summed E-state index contributed by atoms with van der Waals surface area (Å²) in [5, 5.41) is 0. The van der Waals surface area contributed by atoms with Gasteiger partial charge in [-0.25, -0.2) is 0 Å². The van der Waals surface area contributed by atoms with Crippen LogP contribution in [0, 0.1) is 0 Å². The molecule has 2 rings (SSSR count). The summed E-state index contributed by atoms with van der Waals surface area (Å²) in [7, 11) is 3.56. The predicted molar refractivity (Wildman–Crippen MR) is 60.0 cm³/mol. The van der Waals surface area contributed by atoms with Gasteiger partial charge in [-0.3, -0.25) is 4.90 Å². The minimum Gasteiger partial charge on any atom is -0.383 e. The molecule has 2 saturated heterocycles. The van der Waals surface area contributed by atoms with E-state index in [1.807, 2.05) is 7.11 Å². The Hall–Kier alpha value is -0.380. The monoisotopic (exact) mass is 211 g/mol. The molecule has 0 N–H and O–H groups in total. The normalized spacial score (nSPS) is 33.9. The molecule has 2 aliphatic rings. The Morgan fingerprint density at radius 1 is 1.40 bits per heavy atom. The van der Waals surface area contributed by atoms with Crippen LogP contribution < -0.4 is 0 Å². The molecule has 0 aromatic heterocycles. The van der Waals surface area contributed by atoms with Crippen LogP contribution in [-0.2, 0) is 9.47 Å². The Morgan fingerprint density at radius 2 is 2.27 bits per heavy atom. The highest BCUT2D eigenvalue weighted by Gasteiger charge is 2.45. The van der Waals surface area contributed by atoms with E-state index in [9.17, 15) is 0 Å². The van der Waals surface area contributed by atoms with Crippen LogP contribution in [0.1, 0.15) is 19.3 Å². The van der Waals surface area contributed by atoms with Crippen molar-refractivity contribution in [2.45, 2.75) is 24.8 Å². The number of rotatable bonds is 4. The summed E-state index contributed by atoms with van der Waals surface area (Å²) in [4.78, 5) is 2.58. The van der Waals surface area contributed by atoms with Crippen molar-refractivity contribution in [2.75, 3.05) is 40.5 Å². The van der Waals surface area contributed by atoms with E-state index in [-0.39, 0.29) is 0 Å². The summed E-state index contributed by atoms with van der Waals surface area (Å²) >= 11 is 0. The van der Waals surface area contributed by atoms with Gasteiger partial charge < -0.3 is 9.47 Å². The van der Waals surface area contributed by atoms with Gasteiger partial charge in [0.15, 0.2) is 0 Å². The maximum Gasteiger partial charge on any atom is 0.0649 e. The zero-order chi connectivity index (χ0) is 10.7. The highest BCUT2D eigenvalue weighted by atomic mass is 16.5. The minimum atomic E-state index is 0.314. The predicted octanol–water partition coefficient (Wildman–Crippen LogP) is 1.44. The van der Waals surface area contributed by atoms with Crippen LogP contribution in [0.15, 0.2) is 11.6 Å². The van der Waals surface area contributed by atoms with Crippen LogP contribution >= 0.6 is 0 Å². The molecule has 15 heavy (non-hydrogen) atoms. The molecule has 0 aromatic rings. The fourth-order valence-electron chi connectivity index (χ4n) is 2.99. The van der Waals surface area contributed by atoms with Crippen molar-refractivity contribution in [3.8, 4) is 0 Å². The average Bonchev–Trinajstić information content (AvgIpc) is 2.71. The molecule has 3 nitrogen and oxygen atoms in total. The van der Waals surface area contributed by atoms with Gasteiger partial charge in [0, 0.05) is 26.3 Å². The molecule has 0 spiro atoms. The van der Waals surface area contributed by atoms with E-state index >= 15 is 0 Å². The van der Waals surface area contributed by atoms with Crippen molar-refractivity contribution in [3.05, 3.63) is 11.6 Å². The topological polar surface area (TPSA) is 21.7 Å². The van der Waals surface area contributed by atoms with Crippen molar-refractivity contribution in [2.24, 2.45) is 0 Å². The lowest BCUT2D eigenvalue weighted by molar-refractivity contribution is 0.0656. The van der Waals surface area contributed by atoms with Gasteiger partial charge in [-0.05, 0) is 25.8 Å². The molecule has 0 radical (unpaired) electrons. The van der Waals surface area contributed by atoms with E-state index in [2.05, 4.69) is 11.0 Å². The Kier molecular flexibility index (Phi) is 3.44. The second-order valence-electron chi connectivity index (χ2n) is 4.68. The molecular formula is C12H21NO2. The third-order valence-corrected chi connectivity index (χ3v) is 3.64. The van der Waals surface area contributed by atoms with E-state index in [1.54, 1.807) is 7.11 Å². The highest BCUT2D eigenvalue weighted by molar-refractivity contribution is 5.20. The van der Waals surface area contributed by atoms with Crippen LogP contribution in [-0.4, -0.2) is 51.0 Å². The first-order valence-electron chi connectivity index (χ1n) is 5.71. The van der Waals surface area contributed by atoms with Crippen molar-refractivity contribution >= 4 is 0 Å². The fraction of sp³-hybridized carbons (Fsp3) is 0.833. The van der Waals surface area contributed by atoms with Gasteiger partial charge in [0.2, 0.25) is 0 Å². The number of hydrogen-bond donors (Lipinski definition) is 0. The number of fused-ring (bicyclic) bond motifs is 1. The number of methoxy groups -OCH3 is 2. The van der Waals surface area contributed by atoms with Gasteiger partial charge in [0.1, 0.15) is 0 Å². The van der Waals surface area contributed by atoms with Gasteiger partial charge in [0.25, 0.3) is 0 Å². The maximum atomic E-state index is 5.38. The van der Waals surface area contributed by atoms with Gasteiger partial charge in [0.05, 0.1) is 13.2 Å². The van der Waals surface area contributed by atoms with E-state index in [4.69, 9.17) is 9.47 Å². The summed E-state index contributed by atoms with van der Waals surface area (Å²) in [5.41, 5.74) is 1.84. The third kappa shape index (κ3) is 2.10. The van der Waals surface area contributed by atoms with Crippen molar-refractivity contribution < 1.29 is 9.47 Å². The molecule has 0 aromatic carbocycles. The van der Waals surface area contributed by atoms with Crippen LogP contribution in [0.25, 0.3) is 0 Å². The molecule has 2 heterocycles. The Balaban J connectivity index is 2.04. The van der Waals surface area contributed by atoms with Crippen molar-refractivity contribution in [1.29, 1.82) is 0 Å². The summed E-state index contributed by atoms with van der Waals surface area (Å²) < 4.78 is 10.5. The van der Waals surface area contributed by atoms with Crippen LogP contribution in [0.3, 0.4) is 0 Å². The summed E-state index contributed by atoms with van der Waals surface area (Å²) in [6.45, 7) is 3.96. The molecule has 2 fully saturated rings. The molecule has 0 bridgehead atoms. The number of hydrogen-bond acceptors (Lipinski definition) is 3. The van der Waals surface area contributed by atoms with E-state index < -0.39 is 0 Å². The molecular weight excluding hydrogens is 190 g/mol. The molecule has 0 aliphatic carbocycles. The van der Waals surface area contributed by atoms with Crippen molar-refractivity contribution in [3.63, 3.8) is 0 Å². The Morgan fingerprint density at radius 3 is 3.00 bits per heavy atom. The zero-order valence-corrected chi connectivity index (χ0v) is 9.79. The van der Waals surface area contributed by atoms with Gasteiger partial charge in [-0.15, -0.1) is 0 Å². The largest absolute Gasteiger partial charge is 0.383 e. The molecule has 0 amide bonds. The van der Waals surface area contributed by atoms with Gasteiger partial charge in [-0.2, -0.15) is 0 Å². The first-order chi connectivity index (χ1) is 7.30. The van der Waals surface area contributed by atoms with E-state index in [0.29, 0.717) is 5.54 Å². The minimum absolute atomic E-state index is 0.314. The third-order valence-electron chi connectivity index (χ3n) is 3.64. The second kappa shape index (κ2) is 4.64. The molecule has 3 heteroatoms. The molecule has 2 aliphatic heterocycles. The Bertz CT molecular complexity index is 252. The lowest BCUT2D eigenvalue weighted by Gasteiger charge is -2.30. The zero-order valence-electron chi connectivity index (χ0n) is 9.79. The average molecular weight is 211 g/mol. The smallest absolute Gasteiger partial charge is 0.0649 e. The van der Waals surface area contributed by atoms with Crippen molar-refractivity contribution in [1.82, 2.24) is 4.90 Å². The first-order valence-corrected chi connectivity index (χ1v) is 5.71. The molecule has 1 unspecified atom stereocenters. The molecule has 1 atom stereocenters. The van der Waals surface area contributed by atoms with E-state index in [1.165, 1.54) is 31.4 Å². The van der Waals surface area contributed by atoms with Gasteiger partial charge >= 0.3 is 0 Å². The summed E-state index contributed by atoms with van der Waals surface area (Å²) in [5.74, 6) is 0. The quantitative estimate of drug-likeness (QED) is 0.657. The fourth-order valence-corrected chi connectivity index (χ4v) is 2.99. The lowest BCUT2D eigenvalue weighted by Crippen LogP contribution is -2.42. The summed E-state index contributed by atoms with van der Waals surface area (Å²) in [6, 6.07) is 0. The van der Waals surface area contributed by atoms with Crippen LogP contribution in [0.2, 0.25) is 0 Å². The maximum absolute atomic E-state index is 5.38. The SMILES string of the molecule is COC/C=C1\CN2CCCC2(COC)C1. The first kappa shape index (κ1) is 11.1. The standard InChI is InChI=1S/C12H21NO2/c1-14-7-4-11-8-12(10-15-2)5-3-6-13(12)9-11/h4H,3,5-10H2,1-2H3/b11-4-. The van der Waals surface area contributed by atoms with Crippen LogP contribution in [0.5, 0.6) is 0 Å². The highest BCUT2D eigenvalue weighted by Crippen LogP contribution is 2.41. The Labute approximate surface area is 92.0 Å². The second-order valence-corrected chi connectivity index (χ2v) is 4.68. The number of nitrogens with zero attached hydrogens (tertiary/aromatic N) is 1. The van der Waals surface area contributed by atoms with E-state index in [0.717, 1.165) is 19.8 Å². The number of ether oxygens (including phenoxy) is 2. The van der Waals surface area contributed by atoms with Crippen LogP contribution in [0.4, 0.5) is 0 Å². The lowest BCUT2D eigenvalue weighted by atomic mass is 9.93. The molecule has 0 saturated carbocycles. The van der Waals surface area contributed by atoms with Gasteiger partial charge in [-0.1, -0.05) is 11.6 Å². The molecule has 86 valence electrons. The summed E-state index contributed by atoms with van der Waals surface area (Å²) in [6.07, 6.45) is 6.01.